The number of fused-ring (bicyclic) bond motifs is 1. The summed E-state index contributed by atoms with van der Waals surface area (Å²) in [5, 5.41) is 0. The summed E-state index contributed by atoms with van der Waals surface area (Å²) >= 11 is 0. The highest BCUT2D eigenvalue weighted by Gasteiger charge is 2.37. The first-order chi connectivity index (χ1) is 12.8. The molecule has 2 aromatic carbocycles. The van der Waals surface area contributed by atoms with E-state index in [1.807, 2.05) is 6.07 Å². The summed E-state index contributed by atoms with van der Waals surface area (Å²) in [7, 11) is 0. The highest BCUT2D eigenvalue weighted by atomic mass is 19.4. The van der Waals surface area contributed by atoms with Crippen molar-refractivity contribution in [2.24, 2.45) is 0 Å². The molecule has 6 heteroatoms. The molecule has 0 unspecified atom stereocenters. The molecule has 1 aliphatic heterocycles. The van der Waals surface area contributed by atoms with Crippen LogP contribution < -0.4 is 4.90 Å². The van der Waals surface area contributed by atoms with Crippen LogP contribution in [0.3, 0.4) is 0 Å². The van der Waals surface area contributed by atoms with Gasteiger partial charge in [-0.25, -0.2) is 4.90 Å². The maximum absolute atomic E-state index is 12.7. The van der Waals surface area contributed by atoms with Gasteiger partial charge in [0.1, 0.15) is 0 Å². The summed E-state index contributed by atoms with van der Waals surface area (Å²) in [5.74, 6) is -1.00. The maximum atomic E-state index is 12.7. The summed E-state index contributed by atoms with van der Waals surface area (Å²) < 4.78 is 38.1. The summed E-state index contributed by atoms with van der Waals surface area (Å²) in [6.07, 6.45) is 0.779. The Bertz CT molecular complexity index is 857. The quantitative estimate of drug-likeness (QED) is 0.485. The Kier molecular flexibility index (Phi) is 5.35. The normalized spacial score (nSPS) is 14.0. The van der Waals surface area contributed by atoms with Crippen LogP contribution in [-0.2, 0) is 12.6 Å². The zero-order valence-electron chi connectivity index (χ0n) is 15.0. The van der Waals surface area contributed by atoms with Gasteiger partial charge in [-0.15, -0.1) is 0 Å². The van der Waals surface area contributed by atoms with Gasteiger partial charge in [-0.2, -0.15) is 13.2 Å². The number of carbonyl (C=O) groups is 2. The zero-order valence-corrected chi connectivity index (χ0v) is 15.0. The van der Waals surface area contributed by atoms with Crippen LogP contribution in [0.1, 0.15) is 64.4 Å². The first-order valence-corrected chi connectivity index (χ1v) is 9.02. The van der Waals surface area contributed by atoms with Gasteiger partial charge in [-0.05, 0) is 54.8 Å². The summed E-state index contributed by atoms with van der Waals surface area (Å²) in [5.41, 5.74) is 0.904. The van der Waals surface area contributed by atoms with Gasteiger partial charge in [0.2, 0.25) is 0 Å². The van der Waals surface area contributed by atoms with Crippen LogP contribution in [0.15, 0.2) is 42.5 Å². The van der Waals surface area contributed by atoms with Crippen LogP contribution in [-0.4, -0.2) is 11.8 Å². The summed E-state index contributed by atoms with van der Waals surface area (Å²) in [6, 6.07) is 9.25. The second kappa shape index (κ2) is 7.55. The van der Waals surface area contributed by atoms with Gasteiger partial charge in [0.25, 0.3) is 11.8 Å². The van der Waals surface area contributed by atoms with Crippen molar-refractivity contribution in [2.75, 3.05) is 4.90 Å². The van der Waals surface area contributed by atoms with E-state index >= 15 is 0 Å². The summed E-state index contributed by atoms with van der Waals surface area (Å²) in [6.45, 7) is 2.13. The molecule has 3 rings (SSSR count). The monoisotopic (exact) mass is 375 g/mol. The average molecular weight is 375 g/mol. The van der Waals surface area contributed by atoms with Crippen molar-refractivity contribution in [1.29, 1.82) is 0 Å². The standard InChI is InChI=1S/C21H20F3NO2/c1-2-3-4-5-6-14-7-12-17-18(13-14)20(27)25(19(17)26)16-10-8-15(9-11-16)21(22,23)24/h7-13H,2-6H2,1H3. The lowest BCUT2D eigenvalue weighted by atomic mass is 10.0. The van der Waals surface area contributed by atoms with Gasteiger partial charge in [-0.1, -0.05) is 32.3 Å². The predicted octanol–water partition coefficient (Wildman–Crippen LogP) is 5.63. The van der Waals surface area contributed by atoms with Crippen LogP contribution in [0.25, 0.3) is 0 Å². The smallest absolute Gasteiger partial charge is 0.268 e. The minimum atomic E-state index is -4.47. The van der Waals surface area contributed by atoms with Crippen molar-refractivity contribution in [2.45, 2.75) is 45.2 Å². The number of hydrogen-bond acceptors (Lipinski definition) is 2. The number of hydrogen-bond donors (Lipinski definition) is 0. The number of carbonyl (C=O) groups excluding carboxylic acids is 2. The molecule has 0 aliphatic carbocycles. The topological polar surface area (TPSA) is 37.4 Å². The minimum Gasteiger partial charge on any atom is -0.268 e. The lowest BCUT2D eigenvalue weighted by Crippen LogP contribution is -2.29. The number of imide groups is 1. The van der Waals surface area contributed by atoms with Crippen LogP contribution in [0, 0.1) is 0 Å². The molecule has 142 valence electrons. The second-order valence-electron chi connectivity index (χ2n) is 6.68. The van der Waals surface area contributed by atoms with Crippen molar-refractivity contribution in [3.8, 4) is 0 Å². The van der Waals surface area contributed by atoms with E-state index in [9.17, 15) is 22.8 Å². The first-order valence-electron chi connectivity index (χ1n) is 9.02. The Morgan fingerprint density at radius 2 is 1.52 bits per heavy atom. The van der Waals surface area contributed by atoms with E-state index in [-0.39, 0.29) is 11.3 Å². The minimum absolute atomic E-state index is 0.138. The fourth-order valence-electron chi connectivity index (χ4n) is 3.23. The van der Waals surface area contributed by atoms with E-state index in [2.05, 4.69) is 6.92 Å². The number of benzene rings is 2. The molecule has 0 saturated heterocycles. The Morgan fingerprint density at radius 3 is 2.15 bits per heavy atom. The van der Waals surface area contributed by atoms with E-state index in [0.29, 0.717) is 5.56 Å². The fourth-order valence-corrected chi connectivity index (χ4v) is 3.23. The first kappa shape index (κ1) is 19.1. The molecular formula is C21H20F3NO2. The Morgan fingerprint density at radius 1 is 0.852 bits per heavy atom. The van der Waals surface area contributed by atoms with Crippen molar-refractivity contribution in [3.63, 3.8) is 0 Å². The number of aryl methyl sites for hydroxylation is 1. The highest BCUT2D eigenvalue weighted by molar-refractivity contribution is 6.34. The van der Waals surface area contributed by atoms with Crippen LogP contribution in [0.5, 0.6) is 0 Å². The lowest BCUT2D eigenvalue weighted by Gasteiger charge is -2.15. The Hall–Kier alpha value is -2.63. The van der Waals surface area contributed by atoms with Crippen LogP contribution in [0.4, 0.5) is 18.9 Å². The number of amides is 2. The SMILES string of the molecule is CCCCCCc1ccc2c(c1)C(=O)N(c1ccc(C(F)(F)F)cc1)C2=O. The van der Waals surface area contributed by atoms with Gasteiger partial charge in [0.15, 0.2) is 0 Å². The van der Waals surface area contributed by atoms with Crippen molar-refractivity contribution < 1.29 is 22.8 Å². The van der Waals surface area contributed by atoms with E-state index in [1.54, 1.807) is 12.1 Å². The number of alkyl halides is 3. The van der Waals surface area contributed by atoms with E-state index in [0.717, 1.165) is 66.8 Å². The van der Waals surface area contributed by atoms with Gasteiger partial charge in [-0.3, -0.25) is 9.59 Å². The second-order valence-corrected chi connectivity index (χ2v) is 6.68. The molecule has 1 aliphatic rings. The zero-order chi connectivity index (χ0) is 19.6. The van der Waals surface area contributed by atoms with E-state index < -0.39 is 23.6 Å². The largest absolute Gasteiger partial charge is 0.416 e. The maximum Gasteiger partial charge on any atom is 0.416 e. The molecule has 0 spiro atoms. The van der Waals surface area contributed by atoms with E-state index in [4.69, 9.17) is 0 Å². The molecular weight excluding hydrogens is 355 g/mol. The molecule has 0 fully saturated rings. The molecule has 2 aromatic rings. The van der Waals surface area contributed by atoms with Gasteiger partial charge >= 0.3 is 6.18 Å². The molecule has 0 N–H and O–H groups in total. The van der Waals surface area contributed by atoms with Crippen molar-refractivity contribution in [3.05, 3.63) is 64.7 Å². The van der Waals surface area contributed by atoms with Crippen molar-refractivity contribution >= 4 is 17.5 Å². The van der Waals surface area contributed by atoms with Gasteiger partial charge < -0.3 is 0 Å². The molecule has 0 radical (unpaired) electrons. The third-order valence-electron chi connectivity index (χ3n) is 4.72. The lowest BCUT2D eigenvalue weighted by molar-refractivity contribution is -0.137. The Labute approximate surface area is 155 Å². The Balaban J connectivity index is 1.81. The number of unbranched alkanes of at least 4 members (excludes halogenated alkanes) is 3. The van der Waals surface area contributed by atoms with Crippen molar-refractivity contribution in [1.82, 2.24) is 0 Å². The molecule has 2 amide bonds. The molecule has 1 heterocycles. The molecule has 27 heavy (non-hydrogen) atoms. The number of rotatable bonds is 6. The molecule has 0 bridgehead atoms. The third kappa shape index (κ3) is 3.89. The molecule has 3 nitrogen and oxygen atoms in total. The van der Waals surface area contributed by atoms with Crippen LogP contribution in [0.2, 0.25) is 0 Å². The molecule has 0 atom stereocenters. The van der Waals surface area contributed by atoms with Crippen LogP contribution >= 0.6 is 0 Å². The number of anilines is 1. The summed E-state index contributed by atoms with van der Waals surface area (Å²) in [4.78, 5) is 26.2. The average Bonchev–Trinajstić information content (AvgIpc) is 2.89. The molecule has 0 aromatic heterocycles. The van der Waals surface area contributed by atoms with Gasteiger partial charge in [0.05, 0.1) is 22.4 Å². The predicted molar refractivity (Wildman–Crippen MR) is 96.9 cm³/mol. The third-order valence-corrected chi connectivity index (χ3v) is 4.72. The fraction of sp³-hybridized carbons (Fsp3) is 0.333. The number of nitrogens with zero attached hydrogens (tertiary/aromatic N) is 1. The van der Waals surface area contributed by atoms with Gasteiger partial charge in [0, 0.05) is 0 Å². The highest BCUT2D eigenvalue weighted by Crippen LogP contribution is 2.33. The number of halogens is 3. The van der Waals surface area contributed by atoms with E-state index in [1.165, 1.54) is 0 Å². The molecule has 0 saturated carbocycles.